The van der Waals surface area contributed by atoms with Gasteiger partial charge in [0.1, 0.15) is 5.00 Å². The van der Waals surface area contributed by atoms with Crippen molar-refractivity contribution in [1.82, 2.24) is 4.98 Å². The molecule has 6 heteroatoms. The van der Waals surface area contributed by atoms with Crippen molar-refractivity contribution in [3.8, 4) is 10.4 Å². The molecule has 0 radical (unpaired) electrons. The highest BCUT2D eigenvalue weighted by atomic mass is 32.1. The normalized spacial score (nSPS) is 19.6. The molecule has 1 fully saturated rings. The number of carboxylic acid groups (broad SMARTS) is 1. The summed E-state index contributed by atoms with van der Waals surface area (Å²) in [5.41, 5.74) is 1.96. The molecule has 0 saturated heterocycles. The van der Waals surface area contributed by atoms with Gasteiger partial charge in [-0.15, -0.1) is 11.3 Å². The van der Waals surface area contributed by atoms with E-state index in [1.807, 2.05) is 32.9 Å². The lowest BCUT2D eigenvalue weighted by atomic mass is 9.82. The number of aryl methyl sites for hydroxylation is 1. The number of aromatic nitrogens is 1. The summed E-state index contributed by atoms with van der Waals surface area (Å²) in [7, 11) is 0. The lowest BCUT2D eigenvalue weighted by Crippen LogP contribution is -2.42. The van der Waals surface area contributed by atoms with Crippen molar-refractivity contribution >= 4 is 28.2 Å². The maximum Gasteiger partial charge on any atom is 0.338 e. The summed E-state index contributed by atoms with van der Waals surface area (Å²) in [6.07, 6.45) is 5.62. The highest BCUT2D eigenvalue weighted by molar-refractivity contribution is 7.20. The van der Waals surface area contributed by atoms with Gasteiger partial charge in [0, 0.05) is 34.3 Å². The van der Waals surface area contributed by atoms with E-state index in [0.717, 1.165) is 41.8 Å². The van der Waals surface area contributed by atoms with Gasteiger partial charge in [0.15, 0.2) is 0 Å². The molecule has 2 aromatic heterocycles. The Labute approximate surface area is 170 Å². The minimum Gasteiger partial charge on any atom is -0.478 e. The monoisotopic (exact) mass is 400 g/mol. The largest absolute Gasteiger partial charge is 0.478 e. The molecule has 28 heavy (non-hydrogen) atoms. The van der Waals surface area contributed by atoms with E-state index in [1.165, 1.54) is 11.3 Å². The van der Waals surface area contributed by atoms with Crippen LogP contribution in [-0.4, -0.2) is 28.0 Å². The van der Waals surface area contributed by atoms with Crippen molar-refractivity contribution in [1.29, 1.82) is 0 Å². The van der Waals surface area contributed by atoms with E-state index < -0.39 is 5.97 Å². The molecule has 0 aliphatic heterocycles. The second kappa shape index (κ2) is 8.43. The van der Waals surface area contributed by atoms with Crippen molar-refractivity contribution < 1.29 is 14.7 Å². The molecule has 0 bridgehead atoms. The van der Waals surface area contributed by atoms with Crippen LogP contribution in [0.2, 0.25) is 0 Å². The minimum atomic E-state index is -1.01. The molecular formula is C22H28N2O3S. The third-order valence-electron chi connectivity index (χ3n) is 5.48. The van der Waals surface area contributed by atoms with E-state index in [2.05, 4.69) is 11.9 Å². The van der Waals surface area contributed by atoms with Crippen LogP contribution in [0, 0.1) is 18.8 Å². The second-order valence-electron chi connectivity index (χ2n) is 8.08. The van der Waals surface area contributed by atoms with Crippen molar-refractivity contribution in [3.63, 3.8) is 0 Å². The molecule has 0 spiro atoms. The number of nitrogens with zero attached hydrogens (tertiary/aromatic N) is 2. The standard InChI is InChI=1S/C22H28N2O3S/c1-13(2)24(20(25)16-8-5-14(3)6-9-16)21-18(22(26)27)11-19(28-21)17-10-7-15(4)23-12-17/h7,10-14,16H,5-6,8-9H2,1-4H3,(H,26,27). The minimum absolute atomic E-state index is 0.0214. The Balaban J connectivity index is 1.99. The summed E-state index contributed by atoms with van der Waals surface area (Å²) in [6.45, 7) is 8.03. The van der Waals surface area contributed by atoms with E-state index in [1.54, 1.807) is 17.2 Å². The number of thiophene rings is 1. The van der Waals surface area contributed by atoms with Crippen molar-refractivity contribution in [3.05, 3.63) is 35.7 Å². The fraction of sp³-hybridized carbons (Fsp3) is 0.500. The Hall–Kier alpha value is -2.21. The molecule has 1 saturated carbocycles. The molecule has 5 nitrogen and oxygen atoms in total. The number of carbonyl (C=O) groups excluding carboxylic acids is 1. The highest BCUT2D eigenvalue weighted by Gasteiger charge is 2.33. The van der Waals surface area contributed by atoms with Crippen molar-refractivity contribution in [2.45, 2.75) is 59.4 Å². The summed E-state index contributed by atoms with van der Waals surface area (Å²) in [5.74, 6) is -0.312. The first-order valence-electron chi connectivity index (χ1n) is 9.91. The van der Waals surface area contributed by atoms with Gasteiger partial charge in [-0.2, -0.15) is 0 Å². The Morgan fingerprint density at radius 3 is 2.43 bits per heavy atom. The number of aromatic carboxylic acids is 1. The molecule has 1 N–H and O–H groups in total. The number of amides is 1. The number of hydrogen-bond acceptors (Lipinski definition) is 4. The van der Waals surface area contributed by atoms with Crippen LogP contribution in [-0.2, 0) is 4.79 Å². The number of anilines is 1. The van der Waals surface area contributed by atoms with Gasteiger partial charge in [-0.3, -0.25) is 9.78 Å². The average molecular weight is 401 g/mol. The van der Waals surface area contributed by atoms with Gasteiger partial charge in [-0.1, -0.05) is 13.0 Å². The van der Waals surface area contributed by atoms with Crippen LogP contribution in [0.25, 0.3) is 10.4 Å². The first-order chi connectivity index (χ1) is 13.3. The van der Waals surface area contributed by atoms with Crippen LogP contribution in [0.1, 0.15) is 62.5 Å². The van der Waals surface area contributed by atoms with Gasteiger partial charge in [-0.25, -0.2) is 4.79 Å². The number of hydrogen-bond donors (Lipinski definition) is 1. The van der Waals surface area contributed by atoms with Gasteiger partial charge in [0.25, 0.3) is 0 Å². The van der Waals surface area contributed by atoms with Crippen LogP contribution >= 0.6 is 11.3 Å². The summed E-state index contributed by atoms with van der Waals surface area (Å²) in [6, 6.07) is 5.41. The van der Waals surface area contributed by atoms with Crippen LogP contribution < -0.4 is 4.90 Å². The SMILES string of the molecule is Cc1ccc(-c2cc(C(=O)O)c(N(C(=O)C3CCC(C)CC3)C(C)C)s2)cn1. The maximum atomic E-state index is 13.3. The van der Waals surface area contributed by atoms with Gasteiger partial charge in [0.05, 0.1) is 5.56 Å². The topological polar surface area (TPSA) is 70.5 Å². The molecule has 2 aromatic rings. The van der Waals surface area contributed by atoms with E-state index in [9.17, 15) is 14.7 Å². The Kier molecular flexibility index (Phi) is 6.18. The third kappa shape index (κ3) is 4.27. The molecule has 0 aromatic carbocycles. The number of pyridine rings is 1. The molecule has 150 valence electrons. The first-order valence-corrected chi connectivity index (χ1v) is 10.7. The summed E-state index contributed by atoms with van der Waals surface area (Å²) in [4.78, 5) is 32.1. The zero-order valence-corrected chi connectivity index (χ0v) is 17.8. The molecule has 1 aliphatic rings. The molecule has 3 rings (SSSR count). The van der Waals surface area contributed by atoms with Crippen molar-refractivity contribution in [2.24, 2.45) is 11.8 Å². The predicted octanol–water partition coefficient (Wildman–Crippen LogP) is 5.38. The van der Waals surface area contributed by atoms with E-state index in [-0.39, 0.29) is 23.4 Å². The van der Waals surface area contributed by atoms with Gasteiger partial charge >= 0.3 is 5.97 Å². The molecule has 0 atom stereocenters. The molecule has 1 amide bonds. The number of carbonyl (C=O) groups is 2. The van der Waals surface area contributed by atoms with Crippen LogP contribution in [0.15, 0.2) is 24.4 Å². The first kappa shape index (κ1) is 20.5. The van der Waals surface area contributed by atoms with Gasteiger partial charge in [-0.05, 0) is 64.5 Å². The quantitative estimate of drug-likeness (QED) is 0.731. The Morgan fingerprint density at radius 1 is 1.21 bits per heavy atom. The summed E-state index contributed by atoms with van der Waals surface area (Å²) >= 11 is 1.36. The van der Waals surface area contributed by atoms with E-state index in [4.69, 9.17) is 0 Å². The average Bonchev–Trinajstić information content (AvgIpc) is 3.07. The second-order valence-corrected chi connectivity index (χ2v) is 9.11. The fourth-order valence-corrected chi connectivity index (χ4v) is 5.04. The summed E-state index contributed by atoms with van der Waals surface area (Å²) in [5, 5.41) is 10.3. The third-order valence-corrected chi connectivity index (χ3v) is 6.66. The predicted molar refractivity (Wildman–Crippen MR) is 113 cm³/mol. The zero-order valence-electron chi connectivity index (χ0n) is 16.9. The lowest BCUT2D eigenvalue weighted by molar-refractivity contribution is -0.123. The molecular weight excluding hydrogens is 372 g/mol. The van der Waals surface area contributed by atoms with Gasteiger partial charge in [0.2, 0.25) is 5.91 Å². The van der Waals surface area contributed by atoms with Gasteiger partial charge < -0.3 is 10.0 Å². The van der Waals surface area contributed by atoms with Crippen LogP contribution in [0.4, 0.5) is 5.00 Å². The maximum absolute atomic E-state index is 13.3. The molecule has 1 aliphatic carbocycles. The smallest absolute Gasteiger partial charge is 0.338 e. The Bertz CT molecular complexity index is 849. The number of rotatable bonds is 5. The fourth-order valence-electron chi connectivity index (χ4n) is 3.76. The summed E-state index contributed by atoms with van der Waals surface area (Å²) < 4.78 is 0. The van der Waals surface area contributed by atoms with Crippen LogP contribution in [0.5, 0.6) is 0 Å². The van der Waals surface area contributed by atoms with Crippen molar-refractivity contribution in [2.75, 3.05) is 4.90 Å². The lowest BCUT2D eigenvalue weighted by Gasteiger charge is -2.33. The Morgan fingerprint density at radius 2 is 1.89 bits per heavy atom. The highest BCUT2D eigenvalue weighted by Crippen LogP contribution is 2.40. The molecule has 0 unspecified atom stereocenters. The zero-order chi connectivity index (χ0) is 20.4. The van der Waals surface area contributed by atoms with E-state index >= 15 is 0 Å². The number of carboxylic acids is 1. The van der Waals surface area contributed by atoms with E-state index in [0.29, 0.717) is 10.9 Å². The molecule has 2 heterocycles. The van der Waals surface area contributed by atoms with Crippen LogP contribution in [0.3, 0.4) is 0 Å².